The normalized spacial score (nSPS) is 15.2. The van der Waals surface area contributed by atoms with E-state index in [0.717, 1.165) is 0 Å². The van der Waals surface area contributed by atoms with Crippen LogP contribution in [0.2, 0.25) is 30.8 Å². The molecule has 4 heteroatoms. The lowest BCUT2D eigenvalue weighted by molar-refractivity contribution is 0.540. The van der Waals surface area contributed by atoms with Gasteiger partial charge in [0.05, 0.1) is 0 Å². The van der Waals surface area contributed by atoms with Crippen molar-refractivity contribution in [1.29, 1.82) is 0 Å². The molecule has 2 nitrogen and oxygen atoms in total. The minimum atomic E-state index is -1.35. The zero-order chi connectivity index (χ0) is 12.7. The van der Waals surface area contributed by atoms with Crippen molar-refractivity contribution in [2.45, 2.75) is 44.7 Å². The van der Waals surface area contributed by atoms with Gasteiger partial charge in [-0.2, -0.15) is 0 Å². The molecule has 0 N–H and O–H groups in total. The summed E-state index contributed by atoms with van der Waals surface area (Å²) in [6.45, 7) is 14.9. The van der Waals surface area contributed by atoms with Crippen LogP contribution in [0.25, 0.3) is 0 Å². The molecule has 15 heavy (non-hydrogen) atoms. The van der Waals surface area contributed by atoms with E-state index in [4.69, 9.17) is 0 Å². The summed E-state index contributed by atoms with van der Waals surface area (Å²) in [7, 11) is 6.27. The summed E-state index contributed by atoms with van der Waals surface area (Å²) < 4.78 is 5.45. The van der Waals surface area contributed by atoms with Crippen molar-refractivity contribution in [2.75, 3.05) is 28.2 Å². The van der Waals surface area contributed by atoms with Gasteiger partial charge in [-0.1, -0.05) is 40.0 Å². The van der Waals surface area contributed by atoms with Crippen molar-refractivity contribution in [3.05, 3.63) is 0 Å². The Balaban J connectivity index is 5.30. The Bertz CT molecular complexity index is 199. The Morgan fingerprint density at radius 1 is 0.667 bits per heavy atom. The molecule has 0 atom stereocenters. The molecule has 0 radical (unpaired) electrons. The molecule has 0 aromatic rings. The van der Waals surface area contributed by atoms with E-state index in [9.17, 15) is 0 Å². The summed E-state index contributed by atoms with van der Waals surface area (Å²) in [4.78, 5) is 0. The average Bonchev–Trinajstić information content (AvgIpc) is 2.02. The third-order valence-electron chi connectivity index (χ3n) is 5.30. The average molecular weight is 247 g/mol. The van der Waals surface area contributed by atoms with Crippen molar-refractivity contribution in [2.24, 2.45) is 0 Å². The van der Waals surface area contributed by atoms with E-state index in [0.29, 0.717) is 4.66 Å². The van der Waals surface area contributed by atoms with Gasteiger partial charge in [0.25, 0.3) is 0 Å². The van der Waals surface area contributed by atoms with Crippen LogP contribution < -0.4 is 0 Å². The smallest absolute Gasteiger partial charge is 0.125 e. The summed E-state index contributed by atoms with van der Waals surface area (Å²) in [5.41, 5.74) is 0. The van der Waals surface area contributed by atoms with Gasteiger partial charge in [0.1, 0.15) is 16.5 Å². The van der Waals surface area contributed by atoms with Crippen LogP contribution in [0.4, 0.5) is 0 Å². The minimum Gasteiger partial charge on any atom is -0.329 e. The molecule has 0 amide bonds. The van der Waals surface area contributed by atoms with Gasteiger partial charge in [-0.3, -0.25) is 0 Å². The second kappa shape index (κ2) is 4.32. The number of nitrogens with zero attached hydrogens (tertiary/aromatic N) is 2. The lowest BCUT2D eigenvalue weighted by Gasteiger charge is -2.54. The Kier molecular flexibility index (Phi) is 4.42. The van der Waals surface area contributed by atoms with Crippen LogP contribution >= 0.6 is 0 Å². The molecule has 0 aliphatic carbocycles. The first kappa shape index (κ1) is 15.4. The molecule has 92 valence electrons. The molecule has 0 heterocycles. The molecule has 0 saturated carbocycles. The topological polar surface area (TPSA) is 6.48 Å². The van der Waals surface area contributed by atoms with E-state index < -0.39 is 16.5 Å². The zero-order valence-corrected chi connectivity index (χ0v) is 14.4. The van der Waals surface area contributed by atoms with Gasteiger partial charge in [0.15, 0.2) is 0 Å². The summed E-state index contributed by atoms with van der Waals surface area (Å²) in [5.74, 6) is 0. The summed E-state index contributed by atoms with van der Waals surface area (Å²) in [5, 5.41) is 0. The predicted molar refractivity (Wildman–Crippen MR) is 76.4 cm³/mol. The Morgan fingerprint density at radius 3 is 1.00 bits per heavy atom. The van der Waals surface area contributed by atoms with E-state index in [1.54, 1.807) is 0 Å². The van der Waals surface area contributed by atoms with Gasteiger partial charge in [0.2, 0.25) is 0 Å². The van der Waals surface area contributed by atoms with E-state index >= 15 is 0 Å². The fourth-order valence-corrected chi connectivity index (χ4v) is 11.4. The molecule has 0 aliphatic rings. The summed E-state index contributed by atoms with van der Waals surface area (Å²) in [6, 6.07) is 0. The highest BCUT2D eigenvalue weighted by Crippen LogP contribution is 2.46. The molecule has 0 spiro atoms. The number of rotatable bonds is 4. The molecular weight excluding hydrogens is 216 g/mol. The fourth-order valence-electron chi connectivity index (χ4n) is 1.87. The summed E-state index contributed by atoms with van der Waals surface area (Å²) >= 11 is 0. The Morgan fingerprint density at radius 2 is 0.867 bits per heavy atom. The molecule has 0 aromatic heterocycles. The third-order valence-corrected chi connectivity index (χ3v) is 19.6. The lowest BCUT2D eigenvalue weighted by atomic mass is 10.5. The molecule has 0 fully saturated rings. The number of hydrogen-bond acceptors (Lipinski definition) is 2. The van der Waals surface area contributed by atoms with Crippen LogP contribution in [0, 0.1) is 0 Å². The summed E-state index contributed by atoms with van der Waals surface area (Å²) in [6.07, 6.45) is 0. The molecule has 0 aromatic carbocycles. The van der Waals surface area contributed by atoms with E-state index in [1.807, 2.05) is 0 Å². The van der Waals surface area contributed by atoms with Crippen molar-refractivity contribution in [3.8, 4) is 0 Å². The maximum atomic E-state index is 2.49. The quantitative estimate of drug-likeness (QED) is 0.704. The minimum absolute atomic E-state index is 0.465. The second-order valence-corrected chi connectivity index (χ2v) is 17.6. The van der Waals surface area contributed by atoms with E-state index in [2.05, 4.69) is 77.4 Å². The molecule has 0 saturated heterocycles. The maximum Gasteiger partial charge on any atom is 0.125 e. The lowest BCUT2D eigenvalue weighted by Crippen LogP contribution is -2.66. The van der Waals surface area contributed by atoms with Gasteiger partial charge in [0, 0.05) is 0 Å². The first-order valence-electron chi connectivity index (χ1n) is 5.74. The van der Waals surface area contributed by atoms with E-state index in [-0.39, 0.29) is 0 Å². The third kappa shape index (κ3) is 2.38. The standard InChI is InChI=1S/C11H30N2Si2/c1-11(2,14(7,8)12(3)4)15(9,10)13(5)6/h1-10H3. The fraction of sp³-hybridized carbons (Fsp3) is 1.00. The Labute approximate surface area is 98.8 Å². The first-order valence-corrected chi connectivity index (χ1v) is 11.6. The molecule has 0 rings (SSSR count). The molecule has 0 aliphatic heterocycles. The van der Waals surface area contributed by atoms with Crippen LogP contribution in [-0.4, -0.2) is 53.8 Å². The van der Waals surface area contributed by atoms with Gasteiger partial charge < -0.3 is 9.13 Å². The zero-order valence-electron chi connectivity index (χ0n) is 12.4. The largest absolute Gasteiger partial charge is 0.329 e. The van der Waals surface area contributed by atoms with Crippen molar-refractivity contribution in [3.63, 3.8) is 0 Å². The van der Waals surface area contributed by atoms with Gasteiger partial charge >= 0.3 is 0 Å². The maximum absolute atomic E-state index is 2.49. The van der Waals surface area contributed by atoms with Crippen molar-refractivity contribution < 1.29 is 0 Å². The molecule has 0 unspecified atom stereocenters. The number of hydrogen-bond donors (Lipinski definition) is 0. The highest BCUT2D eigenvalue weighted by atomic mass is 28.4. The van der Waals surface area contributed by atoms with Gasteiger partial charge in [-0.15, -0.1) is 0 Å². The highest BCUT2D eigenvalue weighted by molar-refractivity contribution is 6.97. The van der Waals surface area contributed by atoms with Crippen LogP contribution in [0.1, 0.15) is 13.8 Å². The predicted octanol–water partition coefficient (Wildman–Crippen LogP) is 2.84. The first-order chi connectivity index (χ1) is 6.39. The van der Waals surface area contributed by atoms with Gasteiger partial charge in [-0.25, -0.2) is 0 Å². The van der Waals surface area contributed by atoms with Crippen LogP contribution in [0.5, 0.6) is 0 Å². The van der Waals surface area contributed by atoms with Crippen LogP contribution in [-0.2, 0) is 0 Å². The monoisotopic (exact) mass is 246 g/mol. The highest BCUT2D eigenvalue weighted by Gasteiger charge is 2.53. The second-order valence-electron chi connectivity index (χ2n) is 6.53. The van der Waals surface area contributed by atoms with E-state index in [1.165, 1.54) is 0 Å². The van der Waals surface area contributed by atoms with Gasteiger partial charge in [-0.05, 0) is 32.9 Å². The van der Waals surface area contributed by atoms with Crippen molar-refractivity contribution >= 4 is 16.5 Å². The van der Waals surface area contributed by atoms with Crippen LogP contribution in [0.15, 0.2) is 0 Å². The molecular formula is C11H30N2Si2. The Hall–Kier alpha value is 0.354. The van der Waals surface area contributed by atoms with Crippen LogP contribution in [0.3, 0.4) is 0 Å². The van der Waals surface area contributed by atoms with Crippen molar-refractivity contribution in [1.82, 2.24) is 9.13 Å². The molecule has 0 bridgehead atoms. The SMILES string of the molecule is CN(C)[Si](C)(C)C(C)(C)[Si](C)(C)N(C)C.